The van der Waals surface area contributed by atoms with Gasteiger partial charge in [0.2, 0.25) is 0 Å². The topological polar surface area (TPSA) is 50.7 Å². The van der Waals surface area contributed by atoms with Crippen LogP contribution in [0.15, 0.2) is 39.0 Å². The number of rotatable bonds is 4. The van der Waals surface area contributed by atoms with Crippen LogP contribution in [0.2, 0.25) is 10.0 Å². The summed E-state index contributed by atoms with van der Waals surface area (Å²) in [7, 11) is 1.69. The Kier molecular flexibility index (Phi) is 5.64. The van der Waals surface area contributed by atoms with Gasteiger partial charge in [0.15, 0.2) is 0 Å². The van der Waals surface area contributed by atoms with Gasteiger partial charge in [-0.15, -0.1) is 0 Å². The molecule has 0 unspecified atom stereocenters. The number of nitrogens with zero attached hydrogens (tertiary/aromatic N) is 3. The Balaban J connectivity index is 2.63. The number of hydrogen-bond donors (Lipinski definition) is 0. The molecule has 0 bridgehead atoms. The molecule has 23 heavy (non-hydrogen) atoms. The average molecular weight is 368 g/mol. The van der Waals surface area contributed by atoms with E-state index in [1.54, 1.807) is 35.9 Å². The van der Waals surface area contributed by atoms with Crippen LogP contribution in [0, 0.1) is 11.3 Å². The first-order valence-corrected chi connectivity index (χ1v) is 8.43. The number of benzene rings is 1. The second-order valence-electron chi connectivity index (χ2n) is 5.17. The van der Waals surface area contributed by atoms with Gasteiger partial charge in [-0.25, -0.2) is 4.79 Å². The van der Waals surface area contributed by atoms with Crippen LogP contribution in [0.25, 0.3) is 6.08 Å². The van der Waals surface area contributed by atoms with Gasteiger partial charge in [0, 0.05) is 34.1 Å². The minimum atomic E-state index is -0.131. The highest BCUT2D eigenvalue weighted by atomic mass is 35.5. The summed E-state index contributed by atoms with van der Waals surface area (Å²) in [5.41, 5.74) is 0.541. The highest BCUT2D eigenvalue weighted by Gasteiger charge is 2.19. The van der Waals surface area contributed by atoms with Crippen molar-refractivity contribution in [2.45, 2.75) is 29.8 Å². The molecular formula is C16H15Cl2N3OS. The van der Waals surface area contributed by atoms with Crippen LogP contribution in [0.4, 0.5) is 0 Å². The van der Waals surface area contributed by atoms with Gasteiger partial charge in [-0.2, -0.15) is 5.26 Å². The van der Waals surface area contributed by atoms with E-state index in [2.05, 4.69) is 0 Å². The summed E-state index contributed by atoms with van der Waals surface area (Å²) in [6, 6.07) is 7.17. The molecule has 1 heterocycles. The zero-order valence-corrected chi connectivity index (χ0v) is 15.2. The van der Waals surface area contributed by atoms with Gasteiger partial charge in [-0.1, -0.05) is 35.0 Å². The number of imidazole rings is 1. The third-order valence-electron chi connectivity index (χ3n) is 3.18. The molecule has 0 spiro atoms. The summed E-state index contributed by atoms with van der Waals surface area (Å²) >= 11 is 13.5. The Hall–Kier alpha value is -1.61. The Labute approximate surface area is 148 Å². The van der Waals surface area contributed by atoms with Crippen LogP contribution in [0.5, 0.6) is 0 Å². The molecule has 0 saturated heterocycles. The van der Waals surface area contributed by atoms with Crippen molar-refractivity contribution < 1.29 is 0 Å². The first-order valence-electron chi connectivity index (χ1n) is 6.86. The molecule has 0 amide bonds. The minimum absolute atomic E-state index is 0.0184. The molecule has 0 fully saturated rings. The van der Waals surface area contributed by atoms with Crippen LogP contribution in [-0.4, -0.2) is 9.13 Å². The van der Waals surface area contributed by atoms with Gasteiger partial charge in [0.1, 0.15) is 5.03 Å². The van der Waals surface area contributed by atoms with Crippen molar-refractivity contribution in [1.29, 1.82) is 5.26 Å². The first-order chi connectivity index (χ1) is 10.8. The van der Waals surface area contributed by atoms with Crippen LogP contribution < -0.4 is 5.69 Å². The predicted molar refractivity (Wildman–Crippen MR) is 95.3 cm³/mol. The smallest absolute Gasteiger partial charge is 0.294 e. The van der Waals surface area contributed by atoms with Crippen molar-refractivity contribution >= 4 is 41.0 Å². The Morgan fingerprint density at radius 3 is 2.39 bits per heavy atom. The van der Waals surface area contributed by atoms with E-state index in [1.807, 2.05) is 19.9 Å². The van der Waals surface area contributed by atoms with E-state index in [0.717, 1.165) is 9.92 Å². The molecule has 0 radical (unpaired) electrons. The van der Waals surface area contributed by atoms with Crippen LogP contribution >= 0.6 is 35.0 Å². The fourth-order valence-electron chi connectivity index (χ4n) is 2.17. The van der Waals surface area contributed by atoms with E-state index < -0.39 is 0 Å². The summed E-state index contributed by atoms with van der Waals surface area (Å²) < 4.78 is 3.22. The van der Waals surface area contributed by atoms with Crippen molar-refractivity contribution in [2.75, 3.05) is 0 Å². The van der Waals surface area contributed by atoms with Crippen molar-refractivity contribution in [1.82, 2.24) is 9.13 Å². The molecule has 1 aromatic carbocycles. The van der Waals surface area contributed by atoms with E-state index in [-0.39, 0.29) is 11.7 Å². The van der Waals surface area contributed by atoms with E-state index >= 15 is 0 Å². The highest BCUT2D eigenvalue weighted by molar-refractivity contribution is 7.99. The summed E-state index contributed by atoms with van der Waals surface area (Å²) in [6.07, 6.45) is 2.99. The Morgan fingerprint density at radius 2 is 1.87 bits per heavy atom. The van der Waals surface area contributed by atoms with Gasteiger partial charge in [0.25, 0.3) is 0 Å². The molecule has 0 saturated carbocycles. The predicted octanol–water partition coefficient (Wildman–Crippen LogP) is 4.76. The summed E-state index contributed by atoms with van der Waals surface area (Å²) in [5, 5.41) is 10.6. The van der Waals surface area contributed by atoms with Gasteiger partial charge in [-0.3, -0.25) is 9.13 Å². The summed E-state index contributed by atoms with van der Waals surface area (Å²) in [4.78, 5) is 13.3. The zero-order valence-electron chi connectivity index (χ0n) is 12.9. The maximum Gasteiger partial charge on any atom is 0.329 e. The van der Waals surface area contributed by atoms with Gasteiger partial charge in [-0.05, 0) is 38.1 Å². The number of aromatic nitrogens is 2. The standard InChI is InChI=1S/C16H15Cl2N3OS/c1-10(2)21-15(14(5-4-6-19)20(3)16(21)22)23-13-8-11(17)7-12(18)9-13/h4-5,7-10H,1-3H3/b5-4+. The molecule has 120 valence electrons. The van der Waals surface area contributed by atoms with Crippen LogP contribution in [0.3, 0.4) is 0 Å². The lowest BCUT2D eigenvalue weighted by Crippen LogP contribution is -2.24. The molecule has 7 heteroatoms. The molecule has 2 rings (SSSR count). The van der Waals surface area contributed by atoms with Crippen molar-refractivity contribution in [3.8, 4) is 6.07 Å². The maximum atomic E-state index is 12.5. The average Bonchev–Trinajstić information content (AvgIpc) is 2.67. The molecule has 4 nitrogen and oxygen atoms in total. The quantitative estimate of drug-likeness (QED) is 0.731. The number of allylic oxidation sites excluding steroid dienone is 1. The van der Waals surface area contributed by atoms with E-state index in [4.69, 9.17) is 28.5 Å². The van der Waals surface area contributed by atoms with E-state index in [9.17, 15) is 4.79 Å². The number of nitriles is 1. The van der Waals surface area contributed by atoms with Crippen LogP contribution in [0.1, 0.15) is 25.6 Å². The van der Waals surface area contributed by atoms with Gasteiger partial charge >= 0.3 is 5.69 Å². The highest BCUT2D eigenvalue weighted by Crippen LogP contribution is 2.35. The van der Waals surface area contributed by atoms with E-state index in [1.165, 1.54) is 22.4 Å². The monoisotopic (exact) mass is 367 g/mol. The third-order valence-corrected chi connectivity index (χ3v) is 4.68. The number of hydrogen-bond acceptors (Lipinski definition) is 3. The minimum Gasteiger partial charge on any atom is -0.294 e. The normalized spacial score (nSPS) is 11.3. The Bertz CT molecular complexity index is 839. The second-order valence-corrected chi connectivity index (χ2v) is 7.10. The lowest BCUT2D eigenvalue weighted by molar-refractivity contribution is 0.533. The van der Waals surface area contributed by atoms with Crippen LogP contribution in [-0.2, 0) is 7.05 Å². The third kappa shape index (κ3) is 3.84. The Morgan fingerprint density at radius 1 is 1.26 bits per heavy atom. The largest absolute Gasteiger partial charge is 0.329 e. The number of halogens is 2. The summed E-state index contributed by atoms with van der Waals surface area (Å²) in [5.74, 6) is 0. The fraction of sp³-hybridized carbons (Fsp3) is 0.250. The lowest BCUT2D eigenvalue weighted by atomic mass is 10.3. The molecule has 0 aliphatic carbocycles. The van der Waals surface area contributed by atoms with Crippen molar-refractivity contribution in [3.05, 3.63) is 50.5 Å². The SMILES string of the molecule is CC(C)n1c(Sc2cc(Cl)cc(Cl)c2)c(/C=C/C#N)n(C)c1=O. The van der Waals surface area contributed by atoms with Gasteiger partial charge < -0.3 is 0 Å². The van der Waals surface area contributed by atoms with Crippen molar-refractivity contribution in [2.24, 2.45) is 7.05 Å². The fourth-order valence-corrected chi connectivity index (χ4v) is 4.12. The molecule has 0 aliphatic heterocycles. The molecule has 0 atom stereocenters. The van der Waals surface area contributed by atoms with E-state index in [0.29, 0.717) is 15.7 Å². The first kappa shape index (κ1) is 17.7. The molecule has 0 aliphatic rings. The summed E-state index contributed by atoms with van der Waals surface area (Å²) in [6.45, 7) is 3.88. The maximum absolute atomic E-state index is 12.5. The molecule has 2 aromatic rings. The molecule has 0 N–H and O–H groups in total. The zero-order chi connectivity index (χ0) is 17.1. The van der Waals surface area contributed by atoms with Gasteiger partial charge in [0.05, 0.1) is 11.8 Å². The second kappa shape index (κ2) is 7.31. The van der Waals surface area contributed by atoms with Crippen molar-refractivity contribution in [3.63, 3.8) is 0 Å². The lowest BCUT2D eigenvalue weighted by Gasteiger charge is -2.11. The molecular weight excluding hydrogens is 353 g/mol. The molecule has 1 aromatic heterocycles.